The van der Waals surface area contributed by atoms with E-state index in [1.807, 2.05) is 0 Å². The molecule has 2 heterocycles. The average Bonchev–Trinajstić information content (AvgIpc) is 2.33. The molecule has 1 saturated heterocycles. The van der Waals surface area contributed by atoms with Gasteiger partial charge in [-0.25, -0.2) is 0 Å². The summed E-state index contributed by atoms with van der Waals surface area (Å²) in [6.45, 7) is 0. The number of nitrogens with zero attached hydrogens (tertiary/aromatic N) is 1. The quantitative estimate of drug-likeness (QED) is 0.624. The predicted octanol–water partition coefficient (Wildman–Crippen LogP) is 1.04. The zero-order valence-corrected chi connectivity index (χ0v) is 9.83. The van der Waals surface area contributed by atoms with Gasteiger partial charge in [0.1, 0.15) is 6.04 Å². The molecule has 2 amide bonds. The van der Waals surface area contributed by atoms with Crippen LogP contribution in [0, 0.1) is 0 Å². The van der Waals surface area contributed by atoms with Crippen LogP contribution in [0.4, 0.5) is 5.69 Å². The molecule has 2 rings (SSSR count). The number of halogens is 1. The smallest absolute Gasteiger partial charge is 0.249 e. The second-order valence-electron chi connectivity index (χ2n) is 3.81. The Kier molecular flexibility index (Phi) is 3.58. The van der Waals surface area contributed by atoms with Crippen LogP contribution in [-0.2, 0) is 15.5 Å². The van der Waals surface area contributed by atoms with Gasteiger partial charge in [0.2, 0.25) is 11.8 Å². The van der Waals surface area contributed by atoms with Gasteiger partial charge in [0.05, 0.1) is 11.9 Å². The largest absolute Gasteiger partial charge is 0.372 e. The zero-order valence-electron chi connectivity index (χ0n) is 9.07. The molecule has 1 atom stereocenters. The first-order chi connectivity index (χ1) is 8.20. The fourth-order valence-corrected chi connectivity index (χ4v) is 1.92. The number of aromatic nitrogens is 1. The van der Waals surface area contributed by atoms with E-state index in [0.29, 0.717) is 18.7 Å². The minimum atomic E-state index is -0.404. The number of anilines is 1. The van der Waals surface area contributed by atoms with Crippen molar-refractivity contribution >= 4 is 29.1 Å². The van der Waals surface area contributed by atoms with Crippen molar-refractivity contribution in [1.82, 2.24) is 10.3 Å². The fraction of sp³-hybridized carbons (Fsp3) is 0.364. The van der Waals surface area contributed by atoms with Crippen LogP contribution in [0.5, 0.6) is 0 Å². The van der Waals surface area contributed by atoms with Crippen LogP contribution < -0.4 is 10.6 Å². The van der Waals surface area contributed by atoms with E-state index in [1.165, 1.54) is 0 Å². The summed E-state index contributed by atoms with van der Waals surface area (Å²) in [7, 11) is 0. The number of amides is 2. The third-order valence-corrected chi connectivity index (χ3v) is 2.91. The third kappa shape index (κ3) is 2.74. The van der Waals surface area contributed by atoms with E-state index >= 15 is 0 Å². The van der Waals surface area contributed by atoms with E-state index in [9.17, 15) is 9.59 Å². The standard InChI is InChI=1S/C11H12ClN3O2/c12-5-7-3-4-13-6-9(7)14-8-1-2-10(16)15-11(8)17/h3-4,6,8,14H,1-2,5H2,(H,15,16,17). The van der Waals surface area contributed by atoms with Gasteiger partial charge in [-0.1, -0.05) is 0 Å². The SMILES string of the molecule is O=C1CCC(Nc2cnccc2CCl)C(=O)N1. The topological polar surface area (TPSA) is 71.1 Å². The summed E-state index contributed by atoms with van der Waals surface area (Å²) in [6.07, 6.45) is 4.11. The van der Waals surface area contributed by atoms with E-state index < -0.39 is 6.04 Å². The Morgan fingerprint density at radius 2 is 2.35 bits per heavy atom. The first kappa shape index (κ1) is 11.9. The van der Waals surface area contributed by atoms with E-state index in [0.717, 1.165) is 11.3 Å². The number of imide groups is 1. The molecule has 1 unspecified atom stereocenters. The molecular weight excluding hydrogens is 242 g/mol. The molecule has 1 aliphatic rings. The Morgan fingerprint density at radius 1 is 1.53 bits per heavy atom. The van der Waals surface area contributed by atoms with Crippen molar-refractivity contribution in [2.45, 2.75) is 24.8 Å². The van der Waals surface area contributed by atoms with Crippen molar-refractivity contribution in [1.29, 1.82) is 0 Å². The maximum absolute atomic E-state index is 11.6. The van der Waals surface area contributed by atoms with Gasteiger partial charge in [-0.2, -0.15) is 0 Å². The van der Waals surface area contributed by atoms with Gasteiger partial charge < -0.3 is 5.32 Å². The van der Waals surface area contributed by atoms with Crippen molar-refractivity contribution < 1.29 is 9.59 Å². The average molecular weight is 254 g/mol. The van der Waals surface area contributed by atoms with Crippen molar-refractivity contribution in [2.24, 2.45) is 0 Å². The number of rotatable bonds is 3. The summed E-state index contributed by atoms with van der Waals surface area (Å²) in [5, 5.41) is 5.35. The summed E-state index contributed by atoms with van der Waals surface area (Å²) in [5.74, 6) is -0.180. The number of hydrogen-bond donors (Lipinski definition) is 2. The molecule has 1 aliphatic heterocycles. The predicted molar refractivity (Wildman–Crippen MR) is 63.6 cm³/mol. The molecule has 0 radical (unpaired) electrons. The lowest BCUT2D eigenvalue weighted by atomic mass is 10.1. The molecule has 1 aromatic heterocycles. The summed E-state index contributed by atoms with van der Waals surface area (Å²) in [5.41, 5.74) is 1.61. The summed E-state index contributed by atoms with van der Waals surface area (Å²) < 4.78 is 0. The van der Waals surface area contributed by atoms with Gasteiger partial charge in [-0.05, 0) is 18.1 Å². The Balaban J connectivity index is 2.10. The number of pyridine rings is 1. The first-order valence-electron chi connectivity index (χ1n) is 5.30. The molecule has 0 saturated carbocycles. The Labute approximate surface area is 104 Å². The van der Waals surface area contributed by atoms with Gasteiger partial charge in [-0.15, -0.1) is 11.6 Å². The van der Waals surface area contributed by atoms with Gasteiger partial charge in [0.25, 0.3) is 0 Å². The van der Waals surface area contributed by atoms with Gasteiger partial charge in [0, 0.05) is 18.5 Å². The molecule has 2 N–H and O–H groups in total. The molecule has 5 nitrogen and oxygen atoms in total. The van der Waals surface area contributed by atoms with Crippen LogP contribution in [0.15, 0.2) is 18.5 Å². The molecule has 0 aliphatic carbocycles. The van der Waals surface area contributed by atoms with Gasteiger partial charge in [0.15, 0.2) is 0 Å². The van der Waals surface area contributed by atoms with E-state index in [2.05, 4.69) is 15.6 Å². The monoisotopic (exact) mass is 253 g/mol. The van der Waals surface area contributed by atoms with Crippen molar-refractivity contribution in [3.8, 4) is 0 Å². The third-order valence-electron chi connectivity index (χ3n) is 2.62. The van der Waals surface area contributed by atoms with Gasteiger partial charge in [-0.3, -0.25) is 19.9 Å². The highest BCUT2D eigenvalue weighted by molar-refractivity contribution is 6.17. The Morgan fingerprint density at radius 3 is 3.06 bits per heavy atom. The highest BCUT2D eigenvalue weighted by Crippen LogP contribution is 2.19. The lowest BCUT2D eigenvalue weighted by Gasteiger charge is -2.23. The van der Waals surface area contributed by atoms with E-state index in [4.69, 9.17) is 11.6 Å². The van der Waals surface area contributed by atoms with Crippen LogP contribution in [0.25, 0.3) is 0 Å². The molecule has 0 aromatic carbocycles. The summed E-state index contributed by atoms with van der Waals surface area (Å²) in [4.78, 5) is 26.5. The normalized spacial score (nSPS) is 19.9. The molecule has 0 bridgehead atoms. The lowest BCUT2D eigenvalue weighted by molar-refractivity contribution is -0.133. The molecule has 1 aromatic rings. The maximum atomic E-state index is 11.6. The number of alkyl halides is 1. The van der Waals surface area contributed by atoms with E-state index in [1.54, 1.807) is 18.5 Å². The fourth-order valence-electron chi connectivity index (χ4n) is 1.69. The number of carbonyl (C=O) groups is 2. The number of piperidine rings is 1. The highest BCUT2D eigenvalue weighted by atomic mass is 35.5. The molecule has 6 heteroatoms. The molecule has 90 valence electrons. The molecule has 17 heavy (non-hydrogen) atoms. The second kappa shape index (κ2) is 5.14. The minimum Gasteiger partial charge on any atom is -0.372 e. The van der Waals surface area contributed by atoms with Crippen LogP contribution in [-0.4, -0.2) is 22.8 Å². The van der Waals surface area contributed by atoms with E-state index in [-0.39, 0.29) is 11.8 Å². The first-order valence-corrected chi connectivity index (χ1v) is 5.83. The second-order valence-corrected chi connectivity index (χ2v) is 4.08. The van der Waals surface area contributed by atoms with Crippen LogP contribution in [0.1, 0.15) is 18.4 Å². The number of hydrogen-bond acceptors (Lipinski definition) is 4. The minimum absolute atomic E-state index is 0.225. The highest BCUT2D eigenvalue weighted by Gasteiger charge is 2.26. The lowest BCUT2D eigenvalue weighted by Crippen LogP contribution is -2.47. The molecule has 1 fully saturated rings. The van der Waals surface area contributed by atoms with Crippen molar-refractivity contribution in [2.75, 3.05) is 5.32 Å². The Bertz CT molecular complexity index is 450. The van der Waals surface area contributed by atoms with Crippen LogP contribution >= 0.6 is 11.6 Å². The van der Waals surface area contributed by atoms with Crippen LogP contribution in [0.2, 0.25) is 0 Å². The number of carbonyl (C=O) groups excluding carboxylic acids is 2. The van der Waals surface area contributed by atoms with Crippen molar-refractivity contribution in [3.63, 3.8) is 0 Å². The van der Waals surface area contributed by atoms with Crippen LogP contribution in [0.3, 0.4) is 0 Å². The maximum Gasteiger partial charge on any atom is 0.249 e. The molecule has 0 spiro atoms. The Hall–Kier alpha value is -1.62. The summed E-state index contributed by atoms with van der Waals surface area (Å²) >= 11 is 5.79. The molecular formula is C11H12ClN3O2. The summed E-state index contributed by atoms with van der Waals surface area (Å²) in [6, 6.07) is 1.39. The zero-order chi connectivity index (χ0) is 12.3. The van der Waals surface area contributed by atoms with Crippen molar-refractivity contribution in [3.05, 3.63) is 24.0 Å². The number of nitrogens with one attached hydrogen (secondary N) is 2. The van der Waals surface area contributed by atoms with Gasteiger partial charge >= 0.3 is 0 Å².